The summed E-state index contributed by atoms with van der Waals surface area (Å²) in [6.45, 7) is 3.75. The lowest BCUT2D eigenvalue weighted by Gasteiger charge is -2.34. The molecule has 0 spiro atoms. The third-order valence-electron chi connectivity index (χ3n) is 5.27. The number of amides is 2. The number of piperazine rings is 1. The van der Waals surface area contributed by atoms with Crippen LogP contribution in [0.2, 0.25) is 0 Å². The molecule has 1 aromatic carbocycles. The molecule has 2 N–H and O–H groups in total. The molecular weight excluding hydrogens is 448 g/mol. The van der Waals surface area contributed by atoms with E-state index in [1.54, 1.807) is 7.11 Å². The van der Waals surface area contributed by atoms with Crippen molar-refractivity contribution in [1.29, 1.82) is 0 Å². The van der Waals surface area contributed by atoms with E-state index in [0.717, 1.165) is 39.0 Å². The lowest BCUT2D eigenvalue weighted by atomic mass is 10.1. The number of fused-ring (bicyclic) bond motifs is 1. The lowest BCUT2D eigenvalue weighted by Crippen LogP contribution is -2.49. The number of para-hydroxylation sites is 1. The molecule has 0 unspecified atom stereocenters. The van der Waals surface area contributed by atoms with Gasteiger partial charge in [0.25, 0.3) is 0 Å². The Balaban J connectivity index is 1.24. The van der Waals surface area contributed by atoms with Crippen LogP contribution in [0.5, 0.6) is 0 Å². The zero-order chi connectivity index (χ0) is 22.3. The van der Waals surface area contributed by atoms with E-state index in [9.17, 15) is 9.59 Å². The van der Waals surface area contributed by atoms with Crippen LogP contribution >= 0.6 is 23.1 Å². The van der Waals surface area contributed by atoms with Crippen molar-refractivity contribution < 1.29 is 14.3 Å². The van der Waals surface area contributed by atoms with Crippen LogP contribution in [-0.4, -0.2) is 84.1 Å². The highest BCUT2D eigenvalue weighted by atomic mass is 32.2. The summed E-state index contributed by atoms with van der Waals surface area (Å²) < 4.78 is 5.68. The number of thioether (sulfide) groups is 1. The number of aromatic amines is 1. The van der Waals surface area contributed by atoms with E-state index in [4.69, 9.17) is 4.74 Å². The van der Waals surface area contributed by atoms with Gasteiger partial charge in [-0.15, -0.1) is 10.2 Å². The first-order valence-electron chi connectivity index (χ1n) is 10.4. The van der Waals surface area contributed by atoms with Crippen molar-refractivity contribution in [2.75, 3.05) is 57.1 Å². The molecule has 3 aromatic rings. The molecule has 170 valence electrons. The second-order valence-corrected chi connectivity index (χ2v) is 9.56. The molecular formula is C21H26N6O3S2. The van der Waals surface area contributed by atoms with Crippen LogP contribution in [0, 0.1) is 0 Å². The largest absolute Gasteiger partial charge is 0.383 e. The summed E-state index contributed by atoms with van der Waals surface area (Å²) in [5.74, 6) is 0.391. The predicted octanol–water partition coefficient (Wildman–Crippen LogP) is 1.77. The fraction of sp³-hybridized carbons (Fsp3) is 0.429. The maximum absolute atomic E-state index is 12.8. The number of hydrogen-bond acceptors (Lipinski definition) is 8. The third kappa shape index (κ3) is 5.59. The Labute approximate surface area is 194 Å². The predicted molar refractivity (Wildman–Crippen MR) is 126 cm³/mol. The van der Waals surface area contributed by atoms with Crippen molar-refractivity contribution in [3.63, 3.8) is 0 Å². The molecule has 9 nitrogen and oxygen atoms in total. The summed E-state index contributed by atoms with van der Waals surface area (Å²) in [6, 6.07) is 8.04. The van der Waals surface area contributed by atoms with Gasteiger partial charge in [-0.3, -0.25) is 9.59 Å². The molecule has 2 aromatic heterocycles. The Kier molecular flexibility index (Phi) is 7.61. The van der Waals surface area contributed by atoms with Gasteiger partial charge >= 0.3 is 0 Å². The van der Waals surface area contributed by atoms with Gasteiger partial charge < -0.3 is 24.8 Å². The third-order valence-corrected chi connectivity index (χ3v) is 7.39. The summed E-state index contributed by atoms with van der Waals surface area (Å²) in [6.07, 6.45) is 2.33. The Morgan fingerprint density at radius 2 is 2.03 bits per heavy atom. The average Bonchev–Trinajstić information content (AvgIpc) is 3.46. The molecule has 0 radical (unpaired) electrons. The van der Waals surface area contributed by atoms with Gasteiger partial charge in [-0.2, -0.15) is 0 Å². The number of H-pyrrole nitrogens is 1. The molecule has 4 rings (SSSR count). The number of methoxy groups -OCH3 is 1. The lowest BCUT2D eigenvalue weighted by molar-refractivity contribution is -0.130. The maximum atomic E-state index is 12.8. The minimum Gasteiger partial charge on any atom is -0.383 e. The zero-order valence-electron chi connectivity index (χ0n) is 17.9. The van der Waals surface area contributed by atoms with Crippen LogP contribution in [-0.2, 0) is 20.7 Å². The first-order valence-corrected chi connectivity index (χ1v) is 12.2. The minimum atomic E-state index is -0.0499. The van der Waals surface area contributed by atoms with Crippen LogP contribution in [0.15, 0.2) is 34.8 Å². The van der Waals surface area contributed by atoms with Crippen LogP contribution in [0.1, 0.15) is 5.56 Å². The average molecular weight is 475 g/mol. The smallest absolute Gasteiger partial charge is 0.230 e. The van der Waals surface area contributed by atoms with Crippen molar-refractivity contribution in [2.24, 2.45) is 0 Å². The molecule has 0 aliphatic carbocycles. The summed E-state index contributed by atoms with van der Waals surface area (Å²) >= 11 is 2.86. The number of carbonyl (C=O) groups is 2. The van der Waals surface area contributed by atoms with Crippen molar-refractivity contribution in [3.8, 4) is 0 Å². The number of rotatable bonds is 9. The maximum Gasteiger partial charge on any atom is 0.230 e. The monoisotopic (exact) mass is 474 g/mol. The van der Waals surface area contributed by atoms with Crippen LogP contribution < -0.4 is 10.2 Å². The van der Waals surface area contributed by atoms with Gasteiger partial charge in [-0.1, -0.05) is 41.3 Å². The standard InChI is InChI=1S/C21H26N6O3S2/c1-30-11-6-22-18(28)14-31-21-25-24-20(32-21)27-9-7-26(8-10-27)19(29)12-15-13-23-17-5-3-2-4-16(15)17/h2-5,13,23H,6-12,14H2,1H3,(H,22,28). The second-order valence-electron chi connectivity index (χ2n) is 7.39. The number of benzene rings is 1. The number of anilines is 1. The fourth-order valence-corrected chi connectivity index (χ4v) is 5.28. The number of hydrogen-bond donors (Lipinski definition) is 2. The minimum absolute atomic E-state index is 0.0499. The van der Waals surface area contributed by atoms with E-state index in [1.807, 2.05) is 35.4 Å². The van der Waals surface area contributed by atoms with Crippen molar-refractivity contribution >= 4 is 50.9 Å². The molecule has 11 heteroatoms. The van der Waals surface area contributed by atoms with Gasteiger partial charge in [0.1, 0.15) is 0 Å². The summed E-state index contributed by atoms with van der Waals surface area (Å²) in [5, 5.41) is 13.2. The van der Waals surface area contributed by atoms with Crippen LogP contribution in [0.3, 0.4) is 0 Å². The van der Waals surface area contributed by atoms with Gasteiger partial charge in [0.2, 0.25) is 16.9 Å². The SMILES string of the molecule is COCCNC(=O)CSc1nnc(N2CCN(C(=O)Cc3c[nH]c4ccccc34)CC2)s1. The highest BCUT2D eigenvalue weighted by molar-refractivity contribution is 8.01. The Hall–Kier alpha value is -2.63. The van der Waals surface area contributed by atoms with Gasteiger partial charge in [0.05, 0.1) is 18.8 Å². The first-order chi connectivity index (χ1) is 15.6. The number of aromatic nitrogens is 3. The molecule has 1 saturated heterocycles. The molecule has 3 heterocycles. The van der Waals surface area contributed by atoms with Crippen molar-refractivity contribution in [1.82, 2.24) is 25.4 Å². The van der Waals surface area contributed by atoms with E-state index in [0.29, 0.717) is 38.4 Å². The highest BCUT2D eigenvalue weighted by Crippen LogP contribution is 2.28. The summed E-state index contributed by atoms with van der Waals surface area (Å²) in [4.78, 5) is 31.9. The number of nitrogens with one attached hydrogen (secondary N) is 2. The van der Waals surface area contributed by atoms with Gasteiger partial charge in [0, 0.05) is 56.9 Å². The van der Waals surface area contributed by atoms with Gasteiger partial charge in [0.15, 0.2) is 4.34 Å². The van der Waals surface area contributed by atoms with Crippen LogP contribution in [0.25, 0.3) is 10.9 Å². The number of nitrogens with zero attached hydrogens (tertiary/aromatic N) is 4. The second kappa shape index (κ2) is 10.8. The summed E-state index contributed by atoms with van der Waals surface area (Å²) in [7, 11) is 1.60. The number of carbonyl (C=O) groups excluding carboxylic acids is 2. The van der Waals surface area contributed by atoms with Crippen molar-refractivity contribution in [2.45, 2.75) is 10.8 Å². The van der Waals surface area contributed by atoms with E-state index in [-0.39, 0.29) is 11.8 Å². The Morgan fingerprint density at radius 1 is 1.22 bits per heavy atom. The highest BCUT2D eigenvalue weighted by Gasteiger charge is 2.24. The van der Waals surface area contributed by atoms with E-state index in [1.165, 1.54) is 23.1 Å². The Bertz CT molecular complexity index is 1060. The first kappa shape index (κ1) is 22.6. The van der Waals surface area contributed by atoms with Crippen LogP contribution in [0.4, 0.5) is 5.13 Å². The zero-order valence-corrected chi connectivity index (χ0v) is 19.5. The number of ether oxygens (including phenoxy) is 1. The van der Waals surface area contributed by atoms with Gasteiger partial charge in [-0.25, -0.2) is 0 Å². The fourth-order valence-electron chi connectivity index (χ4n) is 3.56. The molecule has 0 atom stereocenters. The summed E-state index contributed by atoms with van der Waals surface area (Å²) in [5.41, 5.74) is 2.09. The molecule has 0 saturated carbocycles. The van der Waals surface area contributed by atoms with E-state index in [2.05, 4.69) is 25.4 Å². The molecule has 32 heavy (non-hydrogen) atoms. The molecule has 2 amide bonds. The normalized spacial score (nSPS) is 14.2. The van der Waals surface area contributed by atoms with E-state index < -0.39 is 0 Å². The molecule has 1 aliphatic heterocycles. The molecule has 1 aliphatic rings. The topological polar surface area (TPSA) is 103 Å². The molecule has 1 fully saturated rings. The van der Waals surface area contributed by atoms with Gasteiger partial charge in [-0.05, 0) is 11.6 Å². The molecule has 0 bridgehead atoms. The van der Waals surface area contributed by atoms with E-state index >= 15 is 0 Å². The Morgan fingerprint density at radius 3 is 2.84 bits per heavy atom. The quantitative estimate of drug-likeness (QED) is 0.360. The van der Waals surface area contributed by atoms with Crippen molar-refractivity contribution in [3.05, 3.63) is 36.0 Å².